The standard InChI is InChI=1S/C34H26O10/c1-39-19-9-5-17(6-10-19)24-15-23(36)29-27(43-24)16-25(42-4)30(32(29)37)31-33(38)28-22(35)13-21(41-3)14-26(28)44-34(31)18-7-11-20(40-2)12-8-18/h5-16,35,37H,1-4H3. The molecule has 0 atom stereocenters. The minimum atomic E-state index is -0.676. The number of ether oxygens (including phenoxy) is 4. The Balaban J connectivity index is 1.68. The third-order valence-electron chi connectivity index (χ3n) is 7.34. The fraction of sp³-hybridized carbons (Fsp3) is 0.118. The van der Waals surface area contributed by atoms with E-state index < -0.39 is 22.4 Å². The molecule has 0 saturated carbocycles. The van der Waals surface area contributed by atoms with E-state index in [4.69, 9.17) is 27.8 Å². The number of hydrogen-bond donors (Lipinski definition) is 2. The maximum Gasteiger partial charge on any atom is 0.205 e. The van der Waals surface area contributed by atoms with Crippen LogP contribution in [0.2, 0.25) is 0 Å². The maximum absolute atomic E-state index is 14.2. The van der Waals surface area contributed by atoms with Crippen LogP contribution in [0.25, 0.3) is 55.7 Å². The average molecular weight is 595 g/mol. The average Bonchev–Trinajstić information content (AvgIpc) is 3.04. The van der Waals surface area contributed by atoms with Gasteiger partial charge in [0, 0.05) is 35.4 Å². The van der Waals surface area contributed by atoms with Crippen molar-refractivity contribution in [2.45, 2.75) is 0 Å². The van der Waals surface area contributed by atoms with Crippen LogP contribution in [0.5, 0.6) is 34.5 Å². The lowest BCUT2D eigenvalue weighted by Gasteiger charge is -2.17. The highest BCUT2D eigenvalue weighted by atomic mass is 16.5. The van der Waals surface area contributed by atoms with E-state index in [0.717, 1.165) is 0 Å². The van der Waals surface area contributed by atoms with Gasteiger partial charge >= 0.3 is 0 Å². The number of fused-ring (bicyclic) bond motifs is 2. The first-order valence-electron chi connectivity index (χ1n) is 13.3. The Labute approximate surface area is 249 Å². The zero-order valence-electron chi connectivity index (χ0n) is 24.1. The lowest BCUT2D eigenvalue weighted by atomic mass is 9.94. The molecule has 0 aliphatic heterocycles. The summed E-state index contributed by atoms with van der Waals surface area (Å²) < 4.78 is 33.7. The molecule has 222 valence electrons. The van der Waals surface area contributed by atoms with Gasteiger partial charge in [-0.3, -0.25) is 9.59 Å². The summed E-state index contributed by atoms with van der Waals surface area (Å²) in [7, 11) is 5.84. The molecule has 10 nitrogen and oxygen atoms in total. The summed E-state index contributed by atoms with van der Waals surface area (Å²) in [5.74, 6) is 0.846. The third-order valence-corrected chi connectivity index (χ3v) is 7.34. The van der Waals surface area contributed by atoms with Crippen LogP contribution in [-0.2, 0) is 0 Å². The first-order chi connectivity index (χ1) is 21.3. The largest absolute Gasteiger partial charge is 0.507 e. The first-order valence-corrected chi connectivity index (χ1v) is 13.3. The summed E-state index contributed by atoms with van der Waals surface area (Å²) >= 11 is 0. The summed E-state index contributed by atoms with van der Waals surface area (Å²) in [6.45, 7) is 0. The molecule has 2 aromatic heterocycles. The summed E-state index contributed by atoms with van der Waals surface area (Å²) in [6.07, 6.45) is 0. The fourth-order valence-corrected chi connectivity index (χ4v) is 5.14. The van der Waals surface area contributed by atoms with Crippen molar-refractivity contribution in [2.75, 3.05) is 28.4 Å². The highest BCUT2D eigenvalue weighted by Crippen LogP contribution is 2.46. The molecule has 6 rings (SSSR count). The van der Waals surface area contributed by atoms with E-state index in [-0.39, 0.29) is 56.1 Å². The van der Waals surface area contributed by atoms with Gasteiger partial charge in [-0.15, -0.1) is 0 Å². The van der Waals surface area contributed by atoms with Gasteiger partial charge in [0.1, 0.15) is 68.0 Å². The predicted molar refractivity (Wildman–Crippen MR) is 164 cm³/mol. The molecule has 10 heteroatoms. The lowest BCUT2D eigenvalue weighted by Crippen LogP contribution is -2.10. The second kappa shape index (κ2) is 11.1. The Hall–Kier alpha value is -5.90. The van der Waals surface area contributed by atoms with E-state index in [0.29, 0.717) is 22.6 Å². The van der Waals surface area contributed by atoms with Crippen LogP contribution in [-0.4, -0.2) is 38.7 Å². The molecule has 44 heavy (non-hydrogen) atoms. The van der Waals surface area contributed by atoms with Gasteiger partial charge in [-0.2, -0.15) is 0 Å². The molecule has 0 bridgehead atoms. The molecule has 0 spiro atoms. The van der Waals surface area contributed by atoms with Crippen LogP contribution < -0.4 is 29.8 Å². The molecule has 0 aliphatic carbocycles. The quantitative estimate of drug-likeness (QED) is 0.215. The molecule has 4 aromatic carbocycles. The van der Waals surface area contributed by atoms with Crippen LogP contribution in [0, 0.1) is 0 Å². The minimum absolute atomic E-state index is 0.0273. The monoisotopic (exact) mass is 594 g/mol. The number of hydrogen-bond acceptors (Lipinski definition) is 10. The molecule has 0 aliphatic rings. The summed E-state index contributed by atoms with van der Waals surface area (Å²) in [6, 6.07) is 19.1. The smallest absolute Gasteiger partial charge is 0.205 e. The Bertz CT molecular complexity index is 2160. The van der Waals surface area contributed by atoms with E-state index >= 15 is 0 Å². The molecule has 6 aromatic rings. The van der Waals surface area contributed by atoms with Crippen molar-refractivity contribution in [3.05, 3.63) is 93.2 Å². The van der Waals surface area contributed by atoms with E-state index in [1.54, 1.807) is 55.6 Å². The van der Waals surface area contributed by atoms with E-state index in [1.165, 1.54) is 45.6 Å². The molecule has 0 unspecified atom stereocenters. The molecule has 2 N–H and O–H groups in total. The Morgan fingerprint density at radius 1 is 0.591 bits per heavy atom. The third kappa shape index (κ3) is 4.62. The van der Waals surface area contributed by atoms with Gasteiger partial charge in [0.2, 0.25) is 5.43 Å². The Morgan fingerprint density at radius 2 is 1.18 bits per heavy atom. The maximum atomic E-state index is 14.2. The zero-order valence-corrected chi connectivity index (χ0v) is 24.1. The van der Waals surface area contributed by atoms with Gasteiger partial charge < -0.3 is 38.0 Å². The van der Waals surface area contributed by atoms with Crippen LogP contribution >= 0.6 is 0 Å². The Morgan fingerprint density at radius 3 is 1.77 bits per heavy atom. The number of aromatic hydroxyl groups is 2. The van der Waals surface area contributed by atoms with Gasteiger partial charge in [-0.05, 0) is 48.5 Å². The van der Waals surface area contributed by atoms with Crippen molar-refractivity contribution in [3.63, 3.8) is 0 Å². The molecule has 0 radical (unpaired) electrons. The molecular weight excluding hydrogens is 568 g/mol. The van der Waals surface area contributed by atoms with Crippen LogP contribution in [0.3, 0.4) is 0 Å². The van der Waals surface area contributed by atoms with Crippen LogP contribution in [0.1, 0.15) is 0 Å². The topological polar surface area (TPSA) is 138 Å². The van der Waals surface area contributed by atoms with Gasteiger partial charge in [0.05, 0.1) is 39.6 Å². The van der Waals surface area contributed by atoms with Gasteiger partial charge in [0.15, 0.2) is 5.43 Å². The number of benzene rings is 4. The zero-order chi connectivity index (χ0) is 31.1. The van der Waals surface area contributed by atoms with Crippen LogP contribution in [0.15, 0.2) is 91.2 Å². The van der Waals surface area contributed by atoms with Crippen molar-refractivity contribution in [3.8, 4) is 68.3 Å². The Kier molecular flexibility index (Phi) is 7.10. The summed E-state index contributed by atoms with van der Waals surface area (Å²) in [5, 5.41) is 22.2. The van der Waals surface area contributed by atoms with E-state index in [9.17, 15) is 19.8 Å². The highest BCUT2D eigenvalue weighted by molar-refractivity contribution is 6.01. The number of phenolic OH excluding ortho intramolecular Hbond substituents is 2. The van der Waals surface area contributed by atoms with Crippen molar-refractivity contribution >= 4 is 21.9 Å². The molecule has 2 heterocycles. The summed E-state index contributed by atoms with van der Waals surface area (Å²) in [4.78, 5) is 27.7. The number of methoxy groups -OCH3 is 4. The van der Waals surface area contributed by atoms with E-state index in [2.05, 4.69) is 0 Å². The fourth-order valence-electron chi connectivity index (χ4n) is 5.14. The number of rotatable bonds is 7. The van der Waals surface area contributed by atoms with Crippen molar-refractivity contribution in [1.82, 2.24) is 0 Å². The summed E-state index contributed by atoms with van der Waals surface area (Å²) in [5.41, 5.74) is -0.346. The number of phenols is 2. The van der Waals surface area contributed by atoms with Gasteiger partial charge in [-0.1, -0.05) is 0 Å². The van der Waals surface area contributed by atoms with E-state index in [1.807, 2.05) is 0 Å². The lowest BCUT2D eigenvalue weighted by molar-refractivity contribution is 0.407. The molecular formula is C34H26O10. The first kappa shape index (κ1) is 28.2. The second-order valence-corrected chi connectivity index (χ2v) is 9.76. The molecule has 0 fully saturated rings. The highest BCUT2D eigenvalue weighted by Gasteiger charge is 2.28. The second-order valence-electron chi connectivity index (χ2n) is 9.76. The van der Waals surface area contributed by atoms with Crippen molar-refractivity contribution < 1.29 is 38.0 Å². The molecule has 0 amide bonds. The van der Waals surface area contributed by atoms with Gasteiger partial charge in [-0.25, -0.2) is 0 Å². The minimum Gasteiger partial charge on any atom is -0.507 e. The van der Waals surface area contributed by atoms with Crippen molar-refractivity contribution in [2.24, 2.45) is 0 Å². The van der Waals surface area contributed by atoms with Crippen LogP contribution in [0.4, 0.5) is 0 Å². The normalized spacial score (nSPS) is 11.1. The van der Waals surface area contributed by atoms with Crippen molar-refractivity contribution in [1.29, 1.82) is 0 Å². The molecule has 0 saturated heterocycles. The van der Waals surface area contributed by atoms with Gasteiger partial charge in [0.25, 0.3) is 0 Å². The SMILES string of the molecule is COc1ccc(-c2cc(=O)c3c(O)c(-c4c(-c5ccc(OC)cc5)oc5cc(OC)cc(O)c5c4=O)c(OC)cc3o2)cc1. The predicted octanol–water partition coefficient (Wildman–Crippen LogP) is 6.35.